The van der Waals surface area contributed by atoms with E-state index in [1.54, 1.807) is 0 Å². The molecule has 1 heterocycles. The maximum atomic E-state index is 10.5. The molecule has 1 aromatic rings. The molecule has 0 bridgehead atoms. The molecule has 22 heavy (non-hydrogen) atoms. The Hall–Kier alpha value is -1.89. The van der Waals surface area contributed by atoms with Crippen LogP contribution in [-0.2, 0) is 16.0 Å². The molecular weight excluding hydrogens is 306 g/mol. The van der Waals surface area contributed by atoms with E-state index in [9.17, 15) is 19.8 Å². The molecule has 0 aromatic carbocycles. The Morgan fingerprint density at radius 1 is 1.27 bits per heavy atom. The third-order valence-corrected chi connectivity index (χ3v) is 4.45. The Kier molecular flexibility index (Phi) is 7.59. The highest BCUT2D eigenvalue weighted by molar-refractivity contribution is 7.14. The molecule has 122 valence electrons. The normalized spacial score (nSPS) is 13.0. The second-order valence-electron chi connectivity index (χ2n) is 5.26. The van der Waals surface area contributed by atoms with Gasteiger partial charge >= 0.3 is 0 Å². The zero-order valence-corrected chi connectivity index (χ0v) is 13.2. The molecule has 0 unspecified atom stereocenters. The van der Waals surface area contributed by atoms with Crippen LogP contribution in [0.4, 0.5) is 0 Å². The number of oxime groups is 1. The molecule has 0 amide bonds. The number of aryl methyl sites for hydroxylation is 1. The van der Waals surface area contributed by atoms with Crippen LogP contribution < -0.4 is 10.2 Å². The van der Waals surface area contributed by atoms with E-state index >= 15 is 0 Å². The lowest BCUT2D eigenvalue weighted by Crippen LogP contribution is -2.24. The SMILES string of the molecule is C[C@@H](CCc1ccc(/C(CCCC(=O)[O-])=N/O)s1)CC(=O)[O-]. The topological polar surface area (TPSA) is 113 Å². The van der Waals surface area contributed by atoms with Crippen molar-refractivity contribution in [3.8, 4) is 0 Å². The Bertz CT molecular complexity index is 538. The molecule has 0 saturated heterocycles. The van der Waals surface area contributed by atoms with Gasteiger partial charge in [0, 0.05) is 16.8 Å². The van der Waals surface area contributed by atoms with E-state index < -0.39 is 11.9 Å². The Morgan fingerprint density at radius 3 is 2.59 bits per heavy atom. The van der Waals surface area contributed by atoms with Crippen molar-refractivity contribution < 1.29 is 25.0 Å². The quantitative estimate of drug-likeness (QED) is 0.383. The molecule has 6 nitrogen and oxygen atoms in total. The van der Waals surface area contributed by atoms with Crippen LogP contribution in [0.15, 0.2) is 17.3 Å². The average Bonchev–Trinajstić information content (AvgIpc) is 2.89. The van der Waals surface area contributed by atoms with Crippen LogP contribution in [-0.4, -0.2) is 22.9 Å². The first-order valence-corrected chi connectivity index (χ1v) is 7.93. The minimum Gasteiger partial charge on any atom is -0.550 e. The molecule has 0 saturated carbocycles. The number of thiophene rings is 1. The van der Waals surface area contributed by atoms with Crippen LogP contribution in [0.2, 0.25) is 0 Å². The van der Waals surface area contributed by atoms with Gasteiger partial charge in [0.15, 0.2) is 0 Å². The summed E-state index contributed by atoms with van der Waals surface area (Å²) in [4.78, 5) is 22.7. The first kappa shape index (κ1) is 18.2. The lowest BCUT2D eigenvalue weighted by molar-refractivity contribution is -0.307. The van der Waals surface area contributed by atoms with Crippen molar-refractivity contribution in [1.29, 1.82) is 0 Å². The van der Waals surface area contributed by atoms with Crippen molar-refractivity contribution in [3.05, 3.63) is 21.9 Å². The van der Waals surface area contributed by atoms with Gasteiger partial charge in [0.05, 0.1) is 10.6 Å². The van der Waals surface area contributed by atoms with E-state index in [1.165, 1.54) is 11.3 Å². The van der Waals surface area contributed by atoms with E-state index in [0.717, 1.165) is 22.6 Å². The largest absolute Gasteiger partial charge is 0.550 e. The van der Waals surface area contributed by atoms with Gasteiger partial charge < -0.3 is 25.0 Å². The van der Waals surface area contributed by atoms with E-state index in [2.05, 4.69) is 5.16 Å². The second-order valence-corrected chi connectivity index (χ2v) is 6.43. The Morgan fingerprint density at radius 2 is 2.00 bits per heavy atom. The smallest absolute Gasteiger partial charge is 0.0967 e. The van der Waals surface area contributed by atoms with Gasteiger partial charge in [-0.15, -0.1) is 11.3 Å². The third kappa shape index (κ3) is 6.71. The van der Waals surface area contributed by atoms with Gasteiger partial charge in [-0.25, -0.2) is 0 Å². The van der Waals surface area contributed by atoms with Gasteiger partial charge in [-0.2, -0.15) is 0 Å². The summed E-state index contributed by atoms with van der Waals surface area (Å²) in [6, 6.07) is 3.74. The van der Waals surface area contributed by atoms with Crippen molar-refractivity contribution in [3.63, 3.8) is 0 Å². The molecule has 0 aliphatic heterocycles. The molecule has 7 heteroatoms. The van der Waals surface area contributed by atoms with Crippen LogP contribution in [0.25, 0.3) is 0 Å². The predicted octanol–water partition coefficient (Wildman–Crippen LogP) is 0.555. The molecule has 0 aliphatic rings. The number of nitrogens with zero attached hydrogens (tertiary/aromatic N) is 1. The van der Waals surface area contributed by atoms with Gasteiger partial charge in [0.1, 0.15) is 0 Å². The molecule has 0 fully saturated rings. The van der Waals surface area contributed by atoms with E-state index in [1.807, 2.05) is 19.1 Å². The number of carbonyl (C=O) groups is 2. The highest BCUT2D eigenvalue weighted by atomic mass is 32.1. The maximum absolute atomic E-state index is 10.5. The third-order valence-electron chi connectivity index (χ3n) is 3.26. The van der Waals surface area contributed by atoms with Crippen LogP contribution in [0.5, 0.6) is 0 Å². The molecule has 0 radical (unpaired) electrons. The summed E-state index contributed by atoms with van der Waals surface area (Å²) in [5.41, 5.74) is 0.459. The molecule has 1 atom stereocenters. The van der Waals surface area contributed by atoms with Crippen molar-refractivity contribution in [2.45, 2.75) is 45.4 Å². The maximum Gasteiger partial charge on any atom is 0.0967 e. The van der Waals surface area contributed by atoms with Crippen molar-refractivity contribution in [2.24, 2.45) is 11.1 Å². The summed E-state index contributed by atoms with van der Waals surface area (Å²) in [7, 11) is 0. The fourth-order valence-corrected chi connectivity index (χ4v) is 3.10. The first-order chi connectivity index (χ1) is 10.4. The molecular formula is C15H19NO5S-2. The molecule has 0 aliphatic carbocycles. The number of carboxylic acids is 2. The van der Waals surface area contributed by atoms with Crippen LogP contribution >= 0.6 is 11.3 Å². The van der Waals surface area contributed by atoms with Gasteiger partial charge in [0.25, 0.3) is 0 Å². The Balaban J connectivity index is 2.51. The summed E-state index contributed by atoms with van der Waals surface area (Å²) in [6.45, 7) is 1.87. The first-order valence-electron chi connectivity index (χ1n) is 7.12. The number of hydrogen-bond acceptors (Lipinski definition) is 7. The minimum absolute atomic E-state index is 0.0459. The number of hydrogen-bond donors (Lipinski definition) is 1. The zero-order valence-electron chi connectivity index (χ0n) is 12.4. The molecule has 0 spiro atoms. The second kappa shape index (κ2) is 9.19. The zero-order chi connectivity index (χ0) is 16.5. The predicted molar refractivity (Wildman–Crippen MR) is 78.6 cm³/mol. The van der Waals surface area contributed by atoms with E-state index in [4.69, 9.17) is 5.21 Å². The number of carboxylic acid groups (broad SMARTS) is 2. The van der Waals surface area contributed by atoms with E-state index in [-0.39, 0.29) is 18.8 Å². The lowest BCUT2D eigenvalue weighted by Gasteiger charge is -2.10. The van der Waals surface area contributed by atoms with Crippen LogP contribution in [0.1, 0.15) is 48.8 Å². The fraction of sp³-hybridized carbons (Fsp3) is 0.533. The monoisotopic (exact) mass is 325 g/mol. The summed E-state index contributed by atoms with van der Waals surface area (Å²) >= 11 is 1.47. The van der Waals surface area contributed by atoms with Gasteiger partial charge in [-0.3, -0.25) is 0 Å². The highest BCUT2D eigenvalue weighted by Crippen LogP contribution is 2.22. The fourth-order valence-electron chi connectivity index (χ4n) is 2.07. The van der Waals surface area contributed by atoms with Crippen molar-refractivity contribution >= 4 is 29.0 Å². The standard InChI is InChI=1S/C15H21NO5S/c1-10(9-15(19)20)5-6-11-7-8-13(22-11)12(16-21)3-2-4-14(17)18/h7-8,10,21H,2-6,9H2,1H3,(H,17,18)(H,19,20)/p-2/b16-12+/t10-/m0/s1. The summed E-state index contributed by atoms with van der Waals surface area (Å²) < 4.78 is 0. The number of carbonyl (C=O) groups excluding carboxylic acids is 2. The Labute approximate surface area is 133 Å². The van der Waals surface area contributed by atoms with Crippen LogP contribution in [0.3, 0.4) is 0 Å². The number of rotatable bonds is 10. The molecule has 1 N–H and O–H groups in total. The lowest BCUT2D eigenvalue weighted by atomic mass is 10.0. The van der Waals surface area contributed by atoms with Crippen molar-refractivity contribution in [1.82, 2.24) is 0 Å². The summed E-state index contributed by atoms with van der Waals surface area (Å²) in [5.74, 6) is -2.11. The molecule has 1 aromatic heterocycles. The minimum atomic E-state index is -1.12. The molecule has 1 rings (SSSR count). The summed E-state index contributed by atoms with van der Waals surface area (Å²) in [6.07, 6.45) is 2.19. The van der Waals surface area contributed by atoms with Gasteiger partial charge in [-0.1, -0.05) is 12.1 Å². The van der Waals surface area contributed by atoms with Crippen LogP contribution in [0, 0.1) is 5.92 Å². The number of aliphatic carboxylic acids is 2. The summed E-state index contributed by atoms with van der Waals surface area (Å²) in [5, 5.41) is 33.1. The van der Waals surface area contributed by atoms with Gasteiger partial charge in [-0.05, 0) is 56.6 Å². The van der Waals surface area contributed by atoms with Gasteiger partial charge in [0.2, 0.25) is 0 Å². The van der Waals surface area contributed by atoms with Crippen molar-refractivity contribution in [2.75, 3.05) is 0 Å². The average molecular weight is 325 g/mol. The highest BCUT2D eigenvalue weighted by Gasteiger charge is 2.10. The van der Waals surface area contributed by atoms with E-state index in [0.29, 0.717) is 18.6 Å².